The number of imidazole rings is 1. The quantitative estimate of drug-likeness (QED) is 0.725. The number of aromatic amines is 2. The summed E-state index contributed by atoms with van der Waals surface area (Å²) in [4.78, 5) is 21.5. The minimum Gasteiger partial charge on any atom is -0.364 e. The normalized spacial score (nSPS) is 11.1. The van der Waals surface area contributed by atoms with Gasteiger partial charge in [0.05, 0.1) is 17.2 Å². The number of hydrogen-bond donors (Lipinski definition) is 2. The molecule has 2 heterocycles. The Hall–Kier alpha value is -2.67. The maximum atomic E-state index is 12.1. The van der Waals surface area contributed by atoms with Crippen LogP contribution in [0.15, 0.2) is 24.4 Å². The Balaban J connectivity index is 1.52. The molecule has 0 aliphatic heterocycles. The second-order valence-electron chi connectivity index (χ2n) is 5.92. The lowest BCUT2D eigenvalue weighted by Gasteiger charge is -2.16. The second-order valence-corrected chi connectivity index (χ2v) is 5.92. The van der Waals surface area contributed by atoms with Gasteiger partial charge in [-0.2, -0.15) is 5.10 Å². The molecule has 0 saturated carbocycles. The summed E-state index contributed by atoms with van der Waals surface area (Å²) in [6.45, 7) is 4.75. The van der Waals surface area contributed by atoms with Crippen LogP contribution in [0.1, 0.15) is 22.6 Å². The number of aryl methyl sites for hydroxylation is 2. The second kappa shape index (κ2) is 6.84. The van der Waals surface area contributed by atoms with Crippen molar-refractivity contribution in [2.24, 2.45) is 0 Å². The molecule has 126 valence electrons. The molecule has 3 rings (SSSR count). The van der Waals surface area contributed by atoms with E-state index in [4.69, 9.17) is 4.74 Å². The zero-order chi connectivity index (χ0) is 17.1. The molecule has 0 saturated heterocycles. The zero-order valence-electron chi connectivity index (χ0n) is 14.1. The molecule has 0 bridgehead atoms. The average Bonchev–Trinajstić information content (AvgIpc) is 3.14. The molecule has 1 aromatic carbocycles. The van der Waals surface area contributed by atoms with E-state index in [1.54, 1.807) is 18.1 Å². The fraction of sp³-hybridized carbons (Fsp3) is 0.353. The minimum atomic E-state index is -0.0807. The number of benzene rings is 1. The summed E-state index contributed by atoms with van der Waals surface area (Å²) in [5.74, 6) is 0.642. The summed E-state index contributed by atoms with van der Waals surface area (Å²) in [6, 6.07) is 5.98. The van der Waals surface area contributed by atoms with Gasteiger partial charge >= 0.3 is 0 Å². The van der Waals surface area contributed by atoms with Gasteiger partial charge in [-0.15, -0.1) is 0 Å². The fourth-order valence-corrected chi connectivity index (χ4v) is 2.52. The number of likely N-dealkylation sites (N-methyl/N-ethyl adjacent to an activating group) is 1. The van der Waals surface area contributed by atoms with E-state index in [1.165, 1.54) is 0 Å². The van der Waals surface area contributed by atoms with E-state index in [0.717, 1.165) is 33.7 Å². The molecular weight excluding hydrogens is 306 g/mol. The van der Waals surface area contributed by atoms with E-state index >= 15 is 0 Å². The number of carbonyl (C=O) groups excluding carboxylic acids is 1. The van der Waals surface area contributed by atoms with Crippen LogP contribution in [0.3, 0.4) is 0 Å². The molecule has 0 unspecified atom stereocenters. The first-order valence-corrected chi connectivity index (χ1v) is 7.79. The van der Waals surface area contributed by atoms with Crippen molar-refractivity contribution in [3.05, 3.63) is 47.0 Å². The maximum absolute atomic E-state index is 12.1. The van der Waals surface area contributed by atoms with Crippen LogP contribution in [0.2, 0.25) is 0 Å². The fourth-order valence-electron chi connectivity index (χ4n) is 2.52. The summed E-state index contributed by atoms with van der Waals surface area (Å²) in [5, 5.41) is 6.82. The molecule has 2 N–H and O–H groups in total. The molecule has 0 aliphatic rings. The Morgan fingerprint density at radius 3 is 2.88 bits per heavy atom. The monoisotopic (exact) mass is 327 g/mol. The van der Waals surface area contributed by atoms with Gasteiger partial charge in [0.1, 0.15) is 19.0 Å². The lowest BCUT2D eigenvalue weighted by Crippen LogP contribution is -2.30. The van der Waals surface area contributed by atoms with Crippen molar-refractivity contribution < 1.29 is 9.53 Å². The third-order valence-corrected chi connectivity index (χ3v) is 4.00. The van der Waals surface area contributed by atoms with Gasteiger partial charge in [0.2, 0.25) is 5.91 Å². The van der Waals surface area contributed by atoms with Crippen molar-refractivity contribution in [1.82, 2.24) is 25.1 Å². The molecule has 0 atom stereocenters. The largest absolute Gasteiger partial charge is 0.364 e. The van der Waals surface area contributed by atoms with Crippen LogP contribution in [-0.4, -0.2) is 44.6 Å². The number of H-pyrrole nitrogens is 2. The number of hydrogen-bond acceptors (Lipinski definition) is 4. The van der Waals surface area contributed by atoms with Gasteiger partial charge in [-0.05, 0) is 25.5 Å². The Morgan fingerprint density at radius 1 is 1.33 bits per heavy atom. The number of para-hydroxylation sites is 1. The molecule has 7 nitrogen and oxygen atoms in total. The molecule has 24 heavy (non-hydrogen) atoms. The van der Waals surface area contributed by atoms with Gasteiger partial charge in [0, 0.05) is 24.8 Å². The van der Waals surface area contributed by atoms with Gasteiger partial charge < -0.3 is 14.6 Å². The lowest BCUT2D eigenvalue weighted by molar-refractivity contribution is -0.135. The van der Waals surface area contributed by atoms with E-state index in [1.807, 2.05) is 32.0 Å². The molecule has 0 aliphatic carbocycles. The van der Waals surface area contributed by atoms with Crippen LogP contribution in [0.25, 0.3) is 11.0 Å². The highest BCUT2D eigenvalue weighted by Gasteiger charge is 2.12. The number of ether oxygens (including phenoxy) is 1. The van der Waals surface area contributed by atoms with Crippen LogP contribution < -0.4 is 0 Å². The first-order valence-electron chi connectivity index (χ1n) is 7.79. The first kappa shape index (κ1) is 16.2. The van der Waals surface area contributed by atoms with Gasteiger partial charge in [0.25, 0.3) is 0 Å². The van der Waals surface area contributed by atoms with Crippen LogP contribution in [0, 0.1) is 13.8 Å². The van der Waals surface area contributed by atoms with E-state index in [2.05, 4.69) is 20.2 Å². The first-order chi connectivity index (χ1) is 11.5. The highest BCUT2D eigenvalue weighted by atomic mass is 16.5. The molecular formula is C17H21N5O2. The Kier molecular flexibility index (Phi) is 4.61. The Labute approximate surface area is 140 Å². The van der Waals surface area contributed by atoms with Crippen LogP contribution in [0.5, 0.6) is 0 Å². The van der Waals surface area contributed by atoms with Gasteiger partial charge in [-0.1, -0.05) is 12.1 Å². The van der Waals surface area contributed by atoms with Crippen LogP contribution in [0.4, 0.5) is 0 Å². The van der Waals surface area contributed by atoms with E-state index < -0.39 is 0 Å². The van der Waals surface area contributed by atoms with Gasteiger partial charge in [-0.25, -0.2) is 4.98 Å². The van der Waals surface area contributed by atoms with Crippen molar-refractivity contribution >= 4 is 16.9 Å². The van der Waals surface area contributed by atoms with E-state index in [-0.39, 0.29) is 19.1 Å². The number of nitrogens with one attached hydrogen (secondary N) is 2. The Bertz CT molecular complexity index is 852. The number of carbonyl (C=O) groups is 1. The SMILES string of the molecule is Cc1[nH]ncc1CN(C)C(=O)COCc1nc2c(C)cccc2[nH]1. The third-order valence-electron chi connectivity index (χ3n) is 4.00. The molecule has 3 aromatic rings. The highest BCUT2D eigenvalue weighted by Crippen LogP contribution is 2.15. The summed E-state index contributed by atoms with van der Waals surface area (Å²) < 4.78 is 5.51. The van der Waals surface area contributed by atoms with Crippen molar-refractivity contribution in [3.63, 3.8) is 0 Å². The predicted octanol–water partition coefficient (Wildman–Crippen LogP) is 2.08. The molecule has 7 heteroatoms. The number of fused-ring (bicyclic) bond motifs is 1. The number of aromatic nitrogens is 4. The molecule has 0 spiro atoms. The highest BCUT2D eigenvalue weighted by molar-refractivity contribution is 5.78. The number of rotatable bonds is 6. The van der Waals surface area contributed by atoms with Gasteiger partial charge in [-0.3, -0.25) is 9.89 Å². The topological polar surface area (TPSA) is 86.9 Å². The summed E-state index contributed by atoms with van der Waals surface area (Å²) >= 11 is 0. The number of nitrogens with zero attached hydrogens (tertiary/aromatic N) is 3. The lowest BCUT2D eigenvalue weighted by atomic mass is 10.2. The molecule has 0 fully saturated rings. The van der Waals surface area contributed by atoms with Crippen molar-refractivity contribution in [1.29, 1.82) is 0 Å². The molecule has 1 amide bonds. The van der Waals surface area contributed by atoms with Gasteiger partial charge in [0.15, 0.2) is 0 Å². The predicted molar refractivity (Wildman–Crippen MR) is 90.3 cm³/mol. The van der Waals surface area contributed by atoms with Crippen LogP contribution >= 0.6 is 0 Å². The Morgan fingerprint density at radius 2 is 2.17 bits per heavy atom. The van der Waals surface area contributed by atoms with Crippen molar-refractivity contribution in [2.75, 3.05) is 13.7 Å². The zero-order valence-corrected chi connectivity index (χ0v) is 14.1. The smallest absolute Gasteiger partial charge is 0.248 e. The standard InChI is InChI=1S/C17H21N5O2/c1-11-5-4-6-14-17(11)20-15(19-14)9-24-10-16(23)22(3)8-13-7-18-21-12(13)2/h4-7H,8-10H2,1-3H3,(H,18,21)(H,19,20). The van der Waals surface area contributed by atoms with Crippen LogP contribution in [-0.2, 0) is 22.7 Å². The summed E-state index contributed by atoms with van der Waals surface area (Å²) in [6.07, 6.45) is 1.73. The third kappa shape index (κ3) is 3.46. The average molecular weight is 327 g/mol. The summed E-state index contributed by atoms with van der Waals surface area (Å²) in [5.41, 5.74) is 5.00. The minimum absolute atomic E-state index is 0.0173. The van der Waals surface area contributed by atoms with Crippen molar-refractivity contribution in [2.45, 2.75) is 27.0 Å². The van der Waals surface area contributed by atoms with Crippen molar-refractivity contribution in [3.8, 4) is 0 Å². The van der Waals surface area contributed by atoms with E-state index in [0.29, 0.717) is 6.54 Å². The summed E-state index contributed by atoms with van der Waals surface area (Å²) in [7, 11) is 1.75. The van der Waals surface area contributed by atoms with E-state index in [9.17, 15) is 4.79 Å². The maximum Gasteiger partial charge on any atom is 0.248 e. The molecule has 2 aromatic heterocycles. The number of amides is 1. The molecule has 0 radical (unpaired) electrons.